The van der Waals surface area contributed by atoms with Gasteiger partial charge in [0.05, 0.1) is 12.1 Å². The number of hydrogen-bond acceptors (Lipinski definition) is 3. The van der Waals surface area contributed by atoms with Crippen molar-refractivity contribution in [2.24, 2.45) is 11.7 Å². The number of carbonyl (C=O) groups excluding carboxylic acids is 1. The van der Waals surface area contributed by atoms with E-state index in [0.717, 1.165) is 25.8 Å². The van der Waals surface area contributed by atoms with E-state index >= 15 is 0 Å². The molecule has 0 atom stereocenters. The van der Waals surface area contributed by atoms with Crippen molar-refractivity contribution < 1.29 is 9.21 Å². The molecule has 1 aliphatic rings. The molecule has 4 nitrogen and oxygen atoms in total. The molecule has 100 valence electrons. The maximum atomic E-state index is 12.4. The highest BCUT2D eigenvalue weighted by atomic mass is 16.3. The quantitative estimate of drug-likeness (QED) is 0.843. The first kappa shape index (κ1) is 13.1. The zero-order chi connectivity index (χ0) is 13.1. The van der Waals surface area contributed by atoms with Gasteiger partial charge in [-0.1, -0.05) is 13.8 Å². The Morgan fingerprint density at radius 1 is 1.56 bits per heavy atom. The first-order valence-electron chi connectivity index (χ1n) is 6.70. The first-order valence-corrected chi connectivity index (χ1v) is 6.70. The van der Waals surface area contributed by atoms with E-state index in [9.17, 15) is 4.79 Å². The smallest absolute Gasteiger partial charge is 0.257 e. The van der Waals surface area contributed by atoms with Crippen molar-refractivity contribution in [3.05, 3.63) is 23.7 Å². The number of nitrogens with two attached hydrogens (primary N) is 1. The molecule has 1 fully saturated rings. The molecule has 1 aromatic heterocycles. The van der Waals surface area contributed by atoms with Crippen molar-refractivity contribution in [2.75, 3.05) is 6.54 Å². The Hall–Kier alpha value is -1.29. The summed E-state index contributed by atoms with van der Waals surface area (Å²) < 4.78 is 5.24. The molecule has 0 unspecified atom stereocenters. The van der Waals surface area contributed by atoms with Crippen molar-refractivity contribution in [3.63, 3.8) is 0 Å². The van der Waals surface area contributed by atoms with Gasteiger partial charge in [0.2, 0.25) is 0 Å². The van der Waals surface area contributed by atoms with Gasteiger partial charge in [0.1, 0.15) is 12.0 Å². The standard InChI is InChI=1S/C14H22N2O2/c1-10(2)5-6-16(12-3-4-12)14(17)11-7-13(8-15)18-9-11/h7,9-10,12H,3-6,8,15H2,1-2H3. The predicted molar refractivity (Wildman–Crippen MR) is 70.1 cm³/mol. The molecule has 1 amide bonds. The van der Waals surface area contributed by atoms with Crippen LogP contribution < -0.4 is 5.73 Å². The number of nitrogens with zero attached hydrogens (tertiary/aromatic N) is 1. The second kappa shape index (κ2) is 5.57. The van der Waals surface area contributed by atoms with Crippen molar-refractivity contribution >= 4 is 5.91 Å². The minimum atomic E-state index is 0.0848. The van der Waals surface area contributed by atoms with Gasteiger partial charge in [-0.3, -0.25) is 4.79 Å². The van der Waals surface area contributed by atoms with Crippen molar-refractivity contribution in [1.29, 1.82) is 0 Å². The lowest BCUT2D eigenvalue weighted by Crippen LogP contribution is -2.34. The summed E-state index contributed by atoms with van der Waals surface area (Å²) in [6, 6.07) is 2.19. The Morgan fingerprint density at radius 2 is 2.28 bits per heavy atom. The van der Waals surface area contributed by atoms with Crippen LogP contribution in [0.2, 0.25) is 0 Å². The number of hydrogen-bond donors (Lipinski definition) is 1. The molecule has 0 saturated heterocycles. The van der Waals surface area contributed by atoms with Crippen LogP contribution in [0.15, 0.2) is 16.7 Å². The minimum absolute atomic E-state index is 0.0848. The maximum absolute atomic E-state index is 12.4. The molecule has 1 aliphatic carbocycles. The number of rotatable bonds is 6. The van der Waals surface area contributed by atoms with Crippen LogP contribution in [-0.2, 0) is 6.54 Å². The van der Waals surface area contributed by atoms with Crippen LogP contribution in [0, 0.1) is 5.92 Å². The zero-order valence-electron chi connectivity index (χ0n) is 11.2. The van der Waals surface area contributed by atoms with Crippen molar-refractivity contribution in [2.45, 2.75) is 45.7 Å². The molecule has 1 aromatic rings. The number of carbonyl (C=O) groups is 1. The van der Waals surface area contributed by atoms with Crippen LogP contribution in [0.3, 0.4) is 0 Å². The number of furan rings is 1. The van der Waals surface area contributed by atoms with Gasteiger partial charge in [-0.05, 0) is 31.2 Å². The van der Waals surface area contributed by atoms with E-state index < -0.39 is 0 Å². The lowest BCUT2D eigenvalue weighted by atomic mass is 10.1. The fourth-order valence-electron chi connectivity index (χ4n) is 2.00. The number of amides is 1. The van der Waals surface area contributed by atoms with E-state index in [1.54, 1.807) is 6.07 Å². The molecule has 1 heterocycles. The van der Waals surface area contributed by atoms with Crippen LogP contribution in [-0.4, -0.2) is 23.4 Å². The average Bonchev–Trinajstić information content (AvgIpc) is 3.06. The molecule has 0 aliphatic heterocycles. The van der Waals surface area contributed by atoms with E-state index in [-0.39, 0.29) is 5.91 Å². The third kappa shape index (κ3) is 3.13. The highest BCUT2D eigenvalue weighted by Crippen LogP contribution is 2.29. The molecule has 4 heteroatoms. The lowest BCUT2D eigenvalue weighted by Gasteiger charge is -2.22. The van der Waals surface area contributed by atoms with Crippen LogP contribution in [0.4, 0.5) is 0 Å². The van der Waals surface area contributed by atoms with E-state index in [0.29, 0.717) is 29.8 Å². The van der Waals surface area contributed by atoms with Crippen LogP contribution in [0.25, 0.3) is 0 Å². The Balaban J connectivity index is 2.03. The molecule has 2 rings (SSSR count). The molecule has 0 radical (unpaired) electrons. The topological polar surface area (TPSA) is 59.5 Å². The van der Waals surface area contributed by atoms with Gasteiger partial charge in [-0.15, -0.1) is 0 Å². The van der Waals surface area contributed by atoms with E-state index in [4.69, 9.17) is 10.2 Å². The summed E-state index contributed by atoms with van der Waals surface area (Å²) in [4.78, 5) is 14.4. The summed E-state index contributed by atoms with van der Waals surface area (Å²) in [6.45, 7) is 5.53. The van der Waals surface area contributed by atoms with E-state index in [1.165, 1.54) is 6.26 Å². The summed E-state index contributed by atoms with van der Waals surface area (Å²) >= 11 is 0. The predicted octanol–water partition coefficient (Wildman–Crippen LogP) is 2.39. The lowest BCUT2D eigenvalue weighted by molar-refractivity contribution is 0.0734. The molecule has 0 bridgehead atoms. The summed E-state index contributed by atoms with van der Waals surface area (Å²) in [7, 11) is 0. The molecule has 1 saturated carbocycles. The van der Waals surface area contributed by atoms with Crippen molar-refractivity contribution in [1.82, 2.24) is 4.90 Å². The Labute approximate surface area is 108 Å². The van der Waals surface area contributed by atoms with E-state index in [1.807, 2.05) is 4.90 Å². The third-order valence-electron chi connectivity index (χ3n) is 3.30. The highest BCUT2D eigenvalue weighted by Gasteiger charge is 2.33. The molecule has 0 spiro atoms. The highest BCUT2D eigenvalue weighted by molar-refractivity contribution is 5.94. The summed E-state index contributed by atoms with van der Waals surface area (Å²) in [6.07, 6.45) is 4.83. The van der Waals surface area contributed by atoms with Crippen LogP contribution in [0.5, 0.6) is 0 Å². The summed E-state index contributed by atoms with van der Waals surface area (Å²) in [5, 5.41) is 0. The monoisotopic (exact) mass is 250 g/mol. The first-order chi connectivity index (χ1) is 8.61. The van der Waals surface area contributed by atoms with Gasteiger partial charge in [0, 0.05) is 12.6 Å². The summed E-state index contributed by atoms with van der Waals surface area (Å²) in [5.74, 6) is 1.36. The Bertz CT molecular complexity index is 408. The van der Waals surface area contributed by atoms with Gasteiger partial charge < -0.3 is 15.1 Å². The van der Waals surface area contributed by atoms with Crippen LogP contribution in [0.1, 0.15) is 49.2 Å². The average molecular weight is 250 g/mol. The molecule has 2 N–H and O–H groups in total. The summed E-state index contributed by atoms with van der Waals surface area (Å²) in [5.41, 5.74) is 6.12. The van der Waals surface area contributed by atoms with Gasteiger partial charge in [0.15, 0.2) is 0 Å². The zero-order valence-corrected chi connectivity index (χ0v) is 11.2. The second-order valence-corrected chi connectivity index (χ2v) is 5.42. The fourth-order valence-corrected chi connectivity index (χ4v) is 2.00. The molecular formula is C14H22N2O2. The Kier molecular flexibility index (Phi) is 4.07. The molecule has 0 aromatic carbocycles. The molecular weight excluding hydrogens is 228 g/mol. The van der Waals surface area contributed by atoms with Crippen LogP contribution >= 0.6 is 0 Å². The maximum Gasteiger partial charge on any atom is 0.257 e. The normalized spacial score (nSPS) is 15.1. The SMILES string of the molecule is CC(C)CCN(C(=O)c1coc(CN)c1)C1CC1. The third-order valence-corrected chi connectivity index (χ3v) is 3.30. The minimum Gasteiger partial charge on any atom is -0.467 e. The Morgan fingerprint density at radius 3 is 2.78 bits per heavy atom. The largest absolute Gasteiger partial charge is 0.467 e. The van der Waals surface area contributed by atoms with Gasteiger partial charge in [-0.2, -0.15) is 0 Å². The molecule has 18 heavy (non-hydrogen) atoms. The van der Waals surface area contributed by atoms with E-state index in [2.05, 4.69) is 13.8 Å². The van der Waals surface area contributed by atoms with Gasteiger partial charge >= 0.3 is 0 Å². The van der Waals surface area contributed by atoms with Gasteiger partial charge in [0.25, 0.3) is 5.91 Å². The van der Waals surface area contributed by atoms with Gasteiger partial charge in [-0.25, -0.2) is 0 Å². The van der Waals surface area contributed by atoms with Crippen molar-refractivity contribution in [3.8, 4) is 0 Å². The fraction of sp³-hybridized carbons (Fsp3) is 0.643. The second-order valence-electron chi connectivity index (χ2n) is 5.42.